The summed E-state index contributed by atoms with van der Waals surface area (Å²) in [7, 11) is 0. The monoisotopic (exact) mass is 769 g/mol. The lowest BCUT2D eigenvalue weighted by Crippen LogP contribution is -2.64. The van der Waals surface area contributed by atoms with Crippen molar-refractivity contribution in [2.45, 2.75) is 204 Å². The van der Waals surface area contributed by atoms with Crippen molar-refractivity contribution in [3.8, 4) is 0 Å². The van der Waals surface area contributed by atoms with Crippen molar-refractivity contribution in [2.75, 3.05) is 46.2 Å². The van der Waals surface area contributed by atoms with E-state index in [1.165, 1.54) is 19.3 Å². The van der Waals surface area contributed by atoms with Crippen LogP contribution in [0.2, 0.25) is 0 Å². The summed E-state index contributed by atoms with van der Waals surface area (Å²) in [6.07, 6.45) is 3.89. The van der Waals surface area contributed by atoms with Gasteiger partial charge < -0.3 is 68.5 Å². The Kier molecular flexibility index (Phi) is 24.9. The van der Waals surface area contributed by atoms with Crippen molar-refractivity contribution in [3.63, 3.8) is 0 Å². The zero-order valence-corrected chi connectivity index (χ0v) is 33.5. The summed E-state index contributed by atoms with van der Waals surface area (Å²) in [4.78, 5) is 0. The number of unbranched alkanes of at least 4 members (excludes halogenated alkanes) is 8. The van der Waals surface area contributed by atoms with Gasteiger partial charge in [-0.25, -0.2) is 0 Å². The van der Waals surface area contributed by atoms with Gasteiger partial charge >= 0.3 is 0 Å². The lowest BCUT2D eigenvalue weighted by atomic mass is 9.97. The van der Waals surface area contributed by atoms with Crippen molar-refractivity contribution in [2.24, 2.45) is 0 Å². The second-order valence-corrected chi connectivity index (χ2v) is 15.6. The first-order chi connectivity index (χ1) is 25.2. The second-order valence-electron chi connectivity index (χ2n) is 15.6. The molecule has 2 aliphatic heterocycles. The van der Waals surface area contributed by atoms with Crippen molar-refractivity contribution in [1.82, 2.24) is 0 Å². The minimum absolute atomic E-state index is 0.0110. The SMILES string of the molecule is CC(O)CCCCCCCCCCCC1(OC2OC(COCC(C)O)C(OCC(C)O)C(OCC(C)O)C2OCC(C)O)CCC(COCC(C)O)O1. The highest BCUT2D eigenvalue weighted by atomic mass is 16.8. The topological polar surface area (TPSA) is 195 Å². The Bertz CT molecular complexity index is 890. The summed E-state index contributed by atoms with van der Waals surface area (Å²) in [5.41, 5.74) is 0. The molecule has 0 radical (unpaired) electrons. The fourth-order valence-electron chi connectivity index (χ4n) is 6.68. The predicted molar refractivity (Wildman–Crippen MR) is 198 cm³/mol. The van der Waals surface area contributed by atoms with E-state index in [0.29, 0.717) is 25.9 Å². The molecule has 2 rings (SSSR count). The molecular weight excluding hydrogens is 692 g/mol. The van der Waals surface area contributed by atoms with Crippen molar-refractivity contribution in [1.29, 1.82) is 0 Å². The molecule has 6 N–H and O–H groups in total. The minimum atomic E-state index is -1.06. The molecular formula is C39H76O14. The lowest BCUT2D eigenvalue weighted by Gasteiger charge is -2.48. The van der Waals surface area contributed by atoms with Crippen molar-refractivity contribution < 1.29 is 68.5 Å². The van der Waals surface area contributed by atoms with Gasteiger partial charge in [0.15, 0.2) is 12.1 Å². The summed E-state index contributed by atoms with van der Waals surface area (Å²) in [5.74, 6) is -1.05. The van der Waals surface area contributed by atoms with E-state index in [-0.39, 0.29) is 51.8 Å². The molecule has 2 heterocycles. The molecule has 0 aromatic rings. The van der Waals surface area contributed by atoms with Crippen LogP contribution in [0.1, 0.15) is 125 Å². The summed E-state index contributed by atoms with van der Waals surface area (Å²) in [6, 6.07) is 0. The Balaban J connectivity index is 2.27. The van der Waals surface area contributed by atoms with E-state index < -0.39 is 67.0 Å². The molecule has 2 aliphatic rings. The molecule has 14 heteroatoms. The van der Waals surface area contributed by atoms with Crippen LogP contribution in [0.4, 0.5) is 0 Å². The maximum absolute atomic E-state index is 10.2. The number of aliphatic hydroxyl groups is 6. The number of hydrogen-bond donors (Lipinski definition) is 6. The summed E-state index contributed by atoms with van der Waals surface area (Å²) < 4.78 is 50.4. The Morgan fingerprint density at radius 1 is 0.547 bits per heavy atom. The zero-order chi connectivity index (χ0) is 39.2. The first-order valence-corrected chi connectivity index (χ1v) is 20.3. The van der Waals surface area contributed by atoms with E-state index >= 15 is 0 Å². The molecule has 14 nitrogen and oxygen atoms in total. The van der Waals surface area contributed by atoms with E-state index in [1.54, 1.807) is 34.6 Å². The quantitative estimate of drug-likeness (QED) is 0.0562. The molecule has 0 saturated carbocycles. The van der Waals surface area contributed by atoms with Crippen LogP contribution in [-0.4, -0.2) is 156 Å². The highest BCUT2D eigenvalue weighted by molar-refractivity contribution is 4.95. The van der Waals surface area contributed by atoms with Gasteiger partial charge in [0, 0.05) is 12.8 Å². The first kappa shape index (κ1) is 48.6. The number of hydrogen-bond acceptors (Lipinski definition) is 14. The molecule has 2 saturated heterocycles. The second kappa shape index (κ2) is 27.1. The van der Waals surface area contributed by atoms with Gasteiger partial charge in [0.2, 0.25) is 0 Å². The summed E-state index contributed by atoms with van der Waals surface area (Å²) in [6.45, 7) is 10.4. The first-order valence-electron chi connectivity index (χ1n) is 20.3. The van der Waals surface area contributed by atoms with E-state index in [1.807, 2.05) is 6.92 Å². The van der Waals surface area contributed by atoms with Gasteiger partial charge in [0.1, 0.15) is 24.4 Å². The smallest absolute Gasteiger partial charge is 0.190 e. The molecule has 0 aromatic heterocycles. The molecule has 13 unspecified atom stereocenters. The van der Waals surface area contributed by atoms with Crippen LogP contribution >= 0.6 is 0 Å². The van der Waals surface area contributed by atoms with Gasteiger partial charge in [0.05, 0.1) is 89.0 Å². The van der Waals surface area contributed by atoms with Crippen LogP contribution < -0.4 is 0 Å². The highest BCUT2D eigenvalue weighted by Crippen LogP contribution is 2.41. The Hall–Kier alpha value is -0.560. The average Bonchev–Trinajstić information content (AvgIpc) is 3.46. The van der Waals surface area contributed by atoms with Gasteiger partial charge in [-0.05, 0) is 60.8 Å². The fraction of sp³-hybridized carbons (Fsp3) is 1.00. The van der Waals surface area contributed by atoms with Gasteiger partial charge in [0.25, 0.3) is 0 Å². The fourth-order valence-corrected chi connectivity index (χ4v) is 6.68. The zero-order valence-electron chi connectivity index (χ0n) is 33.5. The van der Waals surface area contributed by atoms with Crippen LogP contribution in [-0.2, 0) is 37.9 Å². The predicted octanol–water partition coefficient (Wildman–Crippen LogP) is 3.37. The summed E-state index contributed by atoms with van der Waals surface area (Å²) >= 11 is 0. The normalized spacial score (nSPS) is 29.9. The molecule has 0 amide bonds. The van der Waals surface area contributed by atoms with Crippen LogP contribution in [0.15, 0.2) is 0 Å². The van der Waals surface area contributed by atoms with Gasteiger partial charge in [-0.1, -0.05) is 51.4 Å². The third-order valence-electron chi connectivity index (χ3n) is 9.22. The van der Waals surface area contributed by atoms with Crippen LogP contribution in [0, 0.1) is 0 Å². The molecule has 13 atom stereocenters. The Labute approximate surface area is 318 Å². The standard InChI is InChI=1S/C39H76O14/c1-27(40)16-14-12-10-8-7-9-11-13-15-18-39(19-17-33(52-39)25-46-20-28(2)41)53-38-37(50-24-32(6)45)36(49-23-31(5)44)35(48-22-30(4)43)34(51-38)26-47-21-29(3)42/h27-38,40-45H,7-26H2,1-6H3. The van der Waals surface area contributed by atoms with E-state index in [9.17, 15) is 30.6 Å². The lowest BCUT2D eigenvalue weighted by molar-refractivity contribution is -0.381. The third-order valence-corrected chi connectivity index (χ3v) is 9.22. The molecule has 0 bridgehead atoms. The maximum atomic E-state index is 10.2. The number of aliphatic hydroxyl groups excluding tert-OH is 6. The van der Waals surface area contributed by atoms with Crippen LogP contribution in [0.25, 0.3) is 0 Å². The van der Waals surface area contributed by atoms with E-state index in [0.717, 1.165) is 44.9 Å². The number of ether oxygens (including phenoxy) is 8. The van der Waals surface area contributed by atoms with E-state index in [4.69, 9.17) is 37.9 Å². The van der Waals surface area contributed by atoms with E-state index in [2.05, 4.69) is 0 Å². The molecule has 0 spiro atoms. The minimum Gasteiger partial charge on any atom is -0.393 e. The van der Waals surface area contributed by atoms with Gasteiger partial charge in [-0.3, -0.25) is 0 Å². The number of rotatable bonds is 31. The van der Waals surface area contributed by atoms with Gasteiger partial charge in [-0.15, -0.1) is 0 Å². The van der Waals surface area contributed by atoms with Gasteiger partial charge in [-0.2, -0.15) is 0 Å². The highest BCUT2D eigenvalue weighted by Gasteiger charge is 2.53. The van der Waals surface area contributed by atoms with Crippen LogP contribution in [0.3, 0.4) is 0 Å². The third kappa shape index (κ3) is 21.0. The Morgan fingerprint density at radius 2 is 1.02 bits per heavy atom. The molecule has 2 fully saturated rings. The average molecular weight is 769 g/mol. The Morgan fingerprint density at radius 3 is 1.55 bits per heavy atom. The van der Waals surface area contributed by atoms with Crippen molar-refractivity contribution in [3.05, 3.63) is 0 Å². The van der Waals surface area contributed by atoms with Crippen molar-refractivity contribution >= 4 is 0 Å². The maximum Gasteiger partial charge on any atom is 0.190 e. The largest absolute Gasteiger partial charge is 0.393 e. The summed E-state index contributed by atoms with van der Waals surface area (Å²) in [5, 5.41) is 59.7. The molecule has 0 aliphatic carbocycles. The molecule has 0 aromatic carbocycles. The molecule has 316 valence electrons. The molecule has 53 heavy (non-hydrogen) atoms. The van der Waals surface area contributed by atoms with Crippen LogP contribution in [0.5, 0.6) is 0 Å².